The summed E-state index contributed by atoms with van der Waals surface area (Å²) in [6.07, 6.45) is 0. The number of nitrogens with zero attached hydrogens (tertiary/aromatic N) is 1. The van der Waals surface area contributed by atoms with Crippen molar-refractivity contribution in [1.29, 1.82) is 0 Å². The molecule has 0 saturated heterocycles. The van der Waals surface area contributed by atoms with Crippen LogP contribution in [-0.4, -0.2) is 4.92 Å². The summed E-state index contributed by atoms with van der Waals surface area (Å²) in [7, 11) is 0. The van der Waals surface area contributed by atoms with E-state index < -0.39 is 10.7 Å². The van der Waals surface area contributed by atoms with Gasteiger partial charge in [0.2, 0.25) is 5.75 Å². The topological polar surface area (TPSA) is 52.4 Å². The van der Waals surface area contributed by atoms with Gasteiger partial charge in [0.25, 0.3) is 0 Å². The van der Waals surface area contributed by atoms with Gasteiger partial charge in [0, 0.05) is 22.7 Å². The second-order valence-corrected chi connectivity index (χ2v) is 4.56. The van der Waals surface area contributed by atoms with E-state index in [4.69, 9.17) is 27.9 Å². The maximum absolute atomic E-state index is 13.2. The average molecular weight is 316 g/mol. The van der Waals surface area contributed by atoms with Crippen molar-refractivity contribution >= 4 is 28.9 Å². The molecule has 0 radical (unpaired) electrons. The van der Waals surface area contributed by atoms with E-state index in [9.17, 15) is 14.5 Å². The Morgan fingerprint density at radius 2 is 1.95 bits per heavy atom. The minimum atomic E-state index is -0.653. The van der Waals surface area contributed by atoms with Gasteiger partial charge in [-0.05, 0) is 18.2 Å². The molecule has 0 spiro atoms. The molecule has 0 heterocycles. The fourth-order valence-corrected chi connectivity index (χ4v) is 1.96. The standard InChI is InChI=1S/C13H8Cl2FNO3/c14-7-8-1-2-9(15)5-12(8)20-13-6-10(16)3-4-11(13)17(18)19/h1-6H,7H2. The molecule has 0 N–H and O–H groups in total. The van der Waals surface area contributed by atoms with Crippen molar-refractivity contribution in [2.24, 2.45) is 0 Å². The van der Waals surface area contributed by atoms with Gasteiger partial charge in [-0.15, -0.1) is 11.6 Å². The number of hydrogen-bond donors (Lipinski definition) is 0. The molecule has 2 rings (SSSR count). The summed E-state index contributed by atoms with van der Waals surface area (Å²) >= 11 is 11.6. The maximum Gasteiger partial charge on any atom is 0.311 e. The lowest BCUT2D eigenvalue weighted by molar-refractivity contribution is -0.385. The zero-order chi connectivity index (χ0) is 14.7. The van der Waals surface area contributed by atoms with Crippen LogP contribution in [0.15, 0.2) is 36.4 Å². The zero-order valence-corrected chi connectivity index (χ0v) is 11.5. The lowest BCUT2D eigenvalue weighted by atomic mass is 10.2. The van der Waals surface area contributed by atoms with E-state index >= 15 is 0 Å². The summed E-state index contributed by atoms with van der Waals surface area (Å²) in [6.45, 7) is 0. The third kappa shape index (κ3) is 3.18. The van der Waals surface area contributed by atoms with Gasteiger partial charge in [-0.3, -0.25) is 10.1 Å². The van der Waals surface area contributed by atoms with E-state index in [2.05, 4.69) is 0 Å². The SMILES string of the molecule is O=[N+]([O-])c1ccc(F)cc1Oc1cc(Cl)ccc1CCl. The van der Waals surface area contributed by atoms with Gasteiger partial charge in [-0.25, -0.2) is 4.39 Å². The van der Waals surface area contributed by atoms with Crippen LogP contribution in [0.2, 0.25) is 5.02 Å². The van der Waals surface area contributed by atoms with Crippen molar-refractivity contribution in [3.63, 3.8) is 0 Å². The van der Waals surface area contributed by atoms with Crippen LogP contribution < -0.4 is 4.74 Å². The number of nitro groups is 1. The molecule has 0 amide bonds. The van der Waals surface area contributed by atoms with Gasteiger partial charge in [0.05, 0.1) is 10.8 Å². The first-order valence-electron chi connectivity index (χ1n) is 5.47. The van der Waals surface area contributed by atoms with Crippen LogP contribution in [0.3, 0.4) is 0 Å². The molecule has 0 saturated carbocycles. The van der Waals surface area contributed by atoms with Gasteiger partial charge < -0.3 is 4.74 Å². The van der Waals surface area contributed by atoms with Crippen LogP contribution in [0.5, 0.6) is 11.5 Å². The Hall–Kier alpha value is -1.85. The summed E-state index contributed by atoms with van der Waals surface area (Å²) in [5, 5.41) is 11.3. The highest BCUT2D eigenvalue weighted by Crippen LogP contribution is 2.35. The Kier molecular flexibility index (Phi) is 4.42. The van der Waals surface area contributed by atoms with Crippen LogP contribution in [0.4, 0.5) is 10.1 Å². The molecule has 4 nitrogen and oxygen atoms in total. The van der Waals surface area contributed by atoms with E-state index in [0.29, 0.717) is 10.6 Å². The Labute approximate surface area is 123 Å². The number of hydrogen-bond acceptors (Lipinski definition) is 3. The quantitative estimate of drug-likeness (QED) is 0.457. The van der Waals surface area contributed by atoms with Gasteiger partial charge in [-0.1, -0.05) is 17.7 Å². The highest BCUT2D eigenvalue weighted by Gasteiger charge is 2.18. The average Bonchev–Trinajstić information content (AvgIpc) is 2.38. The predicted octanol–water partition coefficient (Wildman–Crippen LogP) is 4.92. The molecule has 0 aliphatic heterocycles. The van der Waals surface area contributed by atoms with Crippen molar-refractivity contribution < 1.29 is 14.1 Å². The van der Waals surface area contributed by atoms with Gasteiger partial charge in [0.1, 0.15) is 11.6 Å². The Bertz CT molecular complexity index is 664. The van der Waals surface area contributed by atoms with Crippen LogP contribution in [-0.2, 0) is 5.88 Å². The molecule has 20 heavy (non-hydrogen) atoms. The maximum atomic E-state index is 13.2. The molecular formula is C13H8Cl2FNO3. The molecule has 0 unspecified atom stereocenters. The molecular weight excluding hydrogens is 308 g/mol. The zero-order valence-electron chi connectivity index (χ0n) is 9.98. The smallest absolute Gasteiger partial charge is 0.311 e. The Balaban J connectivity index is 2.46. The third-order valence-corrected chi connectivity index (χ3v) is 3.03. The fourth-order valence-electron chi connectivity index (χ4n) is 1.57. The third-order valence-electron chi connectivity index (χ3n) is 2.51. The monoisotopic (exact) mass is 315 g/mol. The van der Waals surface area contributed by atoms with Crippen LogP contribution in [0.1, 0.15) is 5.56 Å². The Morgan fingerprint density at radius 3 is 2.60 bits per heavy atom. The molecule has 0 atom stereocenters. The number of nitro benzene ring substituents is 1. The number of rotatable bonds is 4. The van der Waals surface area contributed by atoms with Crippen molar-refractivity contribution in [3.05, 3.63) is 62.9 Å². The first-order chi connectivity index (χ1) is 9.51. The van der Waals surface area contributed by atoms with Crippen LogP contribution >= 0.6 is 23.2 Å². The number of halogens is 3. The molecule has 2 aromatic carbocycles. The summed E-state index contributed by atoms with van der Waals surface area (Å²) in [4.78, 5) is 10.2. The van der Waals surface area contributed by atoms with E-state index in [-0.39, 0.29) is 23.1 Å². The molecule has 0 aliphatic carbocycles. The molecule has 0 bridgehead atoms. The van der Waals surface area contributed by atoms with E-state index in [1.807, 2.05) is 0 Å². The first kappa shape index (κ1) is 14.6. The predicted molar refractivity (Wildman–Crippen MR) is 74.1 cm³/mol. The summed E-state index contributed by atoms with van der Waals surface area (Å²) in [5.41, 5.74) is 0.251. The molecule has 2 aromatic rings. The van der Waals surface area contributed by atoms with Gasteiger partial charge in [-0.2, -0.15) is 0 Å². The molecule has 0 fully saturated rings. The highest BCUT2D eigenvalue weighted by molar-refractivity contribution is 6.30. The van der Waals surface area contributed by atoms with E-state index in [1.165, 1.54) is 6.07 Å². The number of ether oxygens (including phenoxy) is 1. The molecule has 0 aromatic heterocycles. The van der Waals surface area contributed by atoms with Crippen molar-refractivity contribution in [1.82, 2.24) is 0 Å². The number of alkyl halides is 1. The second kappa shape index (κ2) is 6.07. The van der Waals surface area contributed by atoms with Crippen LogP contribution in [0.25, 0.3) is 0 Å². The fraction of sp³-hybridized carbons (Fsp3) is 0.0769. The summed E-state index contributed by atoms with van der Waals surface area (Å²) < 4.78 is 18.6. The molecule has 104 valence electrons. The number of benzene rings is 2. The lowest BCUT2D eigenvalue weighted by Gasteiger charge is -2.10. The van der Waals surface area contributed by atoms with E-state index in [1.54, 1.807) is 12.1 Å². The van der Waals surface area contributed by atoms with Gasteiger partial charge in [0.15, 0.2) is 0 Å². The first-order valence-corrected chi connectivity index (χ1v) is 6.38. The summed E-state index contributed by atoms with van der Waals surface area (Å²) in [6, 6.07) is 7.69. The highest BCUT2D eigenvalue weighted by atomic mass is 35.5. The van der Waals surface area contributed by atoms with Crippen LogP contribution in [0, 0.1) is 15.9 Å². The molecule has 0 aliphatic rings. The normalized spacial score (nSPS) is 10.3. The van der Waals surface area contributed by atoms with Crippen molar-refractivity contribution in [2.75, 3.05) is 0 Å². The van der Waals surface area contributed by atoms with Gasteiger partial charge >= 0.3 is 5.69 Å². The largest absolute Gasteiger partial charge is 0.450 e. The summed E-state index contributed by atoms with van der Waals surface area (Å²) in [5.74, 6) is -0.458. The molecule has 7 heteroatoms. The Morgan fingerprint density at radius 1 is 1.20 bits per heavy atom. The van der Waals surface area contributed by atoms with Crippen molar-refractivity contribution in [3.8, 4) is 11.5 Å². The lowest BCUT2D eigenvalue weighted by Crippen LogP contribution is -1.96. The second-order valence-electron chi connectivity index (χ2n) is 3.86. The minimum absolute atomic E-state index is 0.135. The van der Waals surface area contributed by atoms with Crippen molar-refractivity contribution in [2.45, 2.75) is 5.88 Å². The minimum Gasteiger partial charge on any atom is -0.450 e. The van der Waals surface area contributed by atoms with E-state index in [0.717, 1.165) is 18.2 Å².